The molecule has 1 aliphatic rings. The molecule has 1 saturated carbocycles. The van der Waals surface area contributed by atoms with E-state index in [1.807, 2.05) is 0 Å². The predicted molar refractivity (Wildman–Crippen MR) is 70.7 cm³/mol. The van der Waals surface area contributed by atoms with Crippen LogP contribution in [0, 0.1) is 0 Å². The molecule has 2 rings (SSSR count). The van der Waals surface area contributed by atoms with Gasteiger partial charge in [0.15, 0.2) is 0 Å². The van der Waals surface area contributed by atoms with Crippen LogP contribution in [0.4, 0.5) is 0 Å². The predicted octanol–water partition coefficient (Wildman–Crippen LogP) is 1.69. The van der Waals surface area contributed by atoms with E-state index < -0.39 is 0 Å². The molecular weight excluding hydrogens is 228 g/mol. The van der Waals surface area contributed by atoms with Gasteiger partial charge in [-0.15, -0.1) is 0 Å². The lowest BCUT2D eigenvalue weighted by atomic mass is 9.91. The Morgan fingerprint density at radius 3 is 2.67 bits per heavy atom. The maximum Gasteiger partial charge on any atom is 0.251 e. The summed E-state index contributed by atoms with van der Waals surface area (Å²) in [4.78, 5) is 12.0. The van der Waals surface area contributed by atoms with Gasteiger partial charge in [0.05, 0.1) is 7.11 Å². The third-order valence-corrected chi connectivity index (χ3v) is 3.40. The Balaban J connectivity index is 1.94. The van der Waals surface area contributed by atoms with E-state index >= 15 is 0 Å². The van der Waals surface area contributed by atoms with Crippen LogP contribution in [0.25, 0.3) is 0 Å². The van der Waals surface area contributed by atoms with Crippen molar-refractivity contribution in [2.24, 2.45) is 5.73 Å². The summed E-state index contributed by atoms with van der Waals surface area (Å²) in [7, 11) is 1.61. The van der Waals surface area contributed by atoms with Crippen molar-refractivity contribution in [3.8, 4) is 5.75 Å². The SMILES string of the molecule is COc1ccc(C(=O)N[C@@H]2CCC[C@H](N)C2)cc1. The van der Waals surface area contributed by atoms with Crippen LogP contribution >= 0.6 is 0 Å². The molecule has 0 radical (unpaired) electrons. The number of ether oxygens (including phenoxy) is 1. The number of benzene rings is 1. The second kappa shape index (κ2) is 5.87. The van der Waals surface area contributed by atoms with E-state index in [4.69, 9.17) is 10.5 Å². The summed E-state index contributed by atoms with van der Waals surface area (Å²) in [6.07, 6.45) is 4.06. The van der Waals surface area contributed by atoms with E-state index in [2.05, 4.69) is 5.32 Å². The molecule has 0 aliphatic heterocycles. The third-order valence-electron chi connectivity index (χ3n) is 3.40. The summed E-state index contributed by atoms with van der Waals surface area (Å²) in [5.41, 5.74) is 6.57. The van der Waals surface area contributed by atoms with Crippen LogP contribution < -0.4 is 15.8 Å². The van der Waals surface area contributed by atoms with Crippen molar-refractivity contribution in [1.82, 2.24) is 5.32 Å². The highest BCUT2D eigenvalue weighted by molar-refractivity contribution is 5.94. The molecule has 4 heteroatoms. The minimum atomic E-state index is -0.0308. The summed E-state index contributed by atoms with van der Waals surface area (Å²) in [6.45, 7) is 0. The molecule has 0 unspecified atom stereocenters. The molecular formula is C14H20N2O2. The molecule has 0 saturated heterocycles. The number of hydrogen-bond donors (Lipinski definition) is 2. The zero-order valence-electron chi connectivity index (χ0n) is 10.7. The normalized spacial score (nSPS) is 23.4. The van der Waals surface area contributed by atoms with E-state index in [1.54, 1.807) is 31.4 Å². The number of amides is 1. The van der Waals surface area contributed by atoms with Crippen molar-refractivity contribution in [1.29, 1.82) is 0 Å². The average molecular weight is 248 g/mol. The van der Waals surface area contributed by atoms with Gasteiger partial charge in [-0.3, -0.25) is 4.79 Å². The van der Waals surface area contributed by atoms with Gasteiger partial charge in [-0.2, -0.15) is 0 Å². The Morgan fingerprint density at radius 2 is 2.06 bits per heavy atom. The first-order chi connectivity index (χ1) is 8.69. The minimum Gasteiger partial charge on any atom is -0.497 e. The molecule has 18 heavy (non-hydrogen) atoms. The van der Waals surface area contributed by atoms with Crippen LogP contribution in [-0.2, 0) is 0 Å². The van der Waals surface area contributed by atoms with Crippen molar-refractivity contribution in [3.05, 3.63) is 29.8 Å². The second-order valence-electron chi connectivity index (χ2n) is 4.83. The lowest BCUT2D eigenvalue weighted by molar-refractivity contribution is 0.0925. The molecule has 4 nitrogen and oxygen atoms in total. The van der Waals surface area contributed by atoms with Crippen LogP contribution in [0.3, 0.4) is 0 Å². The zero-order chi connectivity index (χ0) is 13.0. The summed E-state index contributed by atoms with van der Waals surface area (Å²) in [6, 6.07) is 7.57. The number of methoxy groups -OCH3 is 1. The Hall–Kier alpha value is -1.55. The number of hydrogen-bond acceptors (Lipinski definition) is 3. The summed E-state index contributed by atoms with van der Waals surface area (Å²) < 4.78 is 5.06. The molecule has 0 heterocycles. The van der Waals surface area contributed by atoms with Crippen molar-refractivity contribution in [2.75, 3.05) is 7.11 Å². The minimum absolute atomic E-state index is 0.0308. The molecule has 0 bridgehead atoms. The van der Waals surface area contributed by atoms with Gasteiger partial charge in [-0.25, -0.2) is 0 Å². The van der Waals surface area contributed by atoms with Crippen molar-refractivity contribution in [3.63, 3.8) is 0 Å². The van der Waals surface area contributed by atoms with Crippen molar-refractivity contribution in [2.45, 2.75) is 37.8 Å². The smallest absolute Gasteiger partial charge is 0.251 e. The van der Waals surface area contributed by atoms with Gasteiger partial charge in [-0.05, 0) is 49.9 Å². The first-order valence-corrected chi connectivity index (χ1v) is 6.39. The monoisotopic (exact) mass is 248 g/mol. The van der Waals surface area contributed by atoms with E-state index in [-0.39, 0.29) is 18.0 Å². The van der Waals surface area contributed by atoms with E-state index in [1.165, 1.54) is 0 Å². The van der Waals surface area contributed by atoms with Gasteiger partial charge in [0.1, 0.15) is 5.75 Å². The maximum absolute atomic E-state index is 12.0. The quantitative estimate of drug-likeness (QED) is 0.855. The van der Waals surface area contributed by atoms with E-state index in [0.29, 0.717) is 5.56 Å². The fourth-order valence-corrected chi connectivity index (χ4v) is 2.37. The average Bonchev–Trinajstić information content (AvgIpc) is 2.39. The summed E-state index contributed by atoms with van der Waals surface area (Å²) in [5, 5.41) is 3.04. The van der Waals surface area contributed by atoms with Gasteiger partial charge in [-0.1, -0.05) is 0 Å². The Morgan fingerprint density at radius 1 is 1.33 bits per heavy atom. The van der Waals surface area contributed by atoms with Crippen LogP contribution in [0.2, 0.25) is 0 Å². The molecule has 1 aromatic carbocycles. The van der Waals surface area contributed by atoms with Gasteiger partial charge in [0, 0.05) is 17.6 Å². The largest absolute Gasteiger partial charge is 0.497 e. The van der Waals surface area contributed by atoms with Crippen LogP contribution in [0.5, 0.6) is 5.75 Å². The van der Waals surface area contributed by atoms with Crippen LogP contribution in [0.15, 0.2) is 24.3 Å². The molecule has 0 spiro atoms. The highest BCUT2D eigenvalue weighted by Crippen LogP contribution is 2.18. The lowest BCUT2D eigenvalue weighted by Gasteiger charge is -2.27. The van der Waals surface area contributed by atoms with Gasteiger partial charge < -0.3 is 15.8 Å². The standard InChI is InChI=1S/C14H20N2O2/c1-18-13-7-5-10(6-8-13)14(17)16-12-4-2-3-11(15)9-12/h5-8,11-12H,2-4,9,15H2,1H3,(H,16,17)/t11-,12+/m0/s1. The van der Waals surface area contributed by atoms with E-state index in [0.717, 1.165) is 31.4 Å². The molecule has 1 fully saturated rings. The number of nitrogens with one attached hydrogen (secondary N) is 1. The zero-order valence-corrected chi connectivity index (χ0v) is 10.7. The topological polar surface area (TPSA) is 64.3 Å². The third kappa shape index (κ3) is 3.23. The van der Waals surface area contributed by atoms with Crippen molar-refractivity contribution >= 4 is 5.91 Å². The number of rotatable bonds is 3. The summed E-state index contributed by atoms with van der Waals surface area (Å²) >= 11 is 0. The molecule has 3 N–H and O–H groups in total. The molecule has 1 aromatic rings. The Kier molecular flexibility index (Phi) is 4.20. The molecule has 1 aliphatic carbocycles. The maximum atomic E-state index is 12.0. The summed E-state index contributed by atoms with van der Waals surface area (Å²) in [5.74, 6) is 0.725. The van der Waals surface area contributed by atoms with Gasteiger partial charge in [0.2, 0.25) is 0 Å². The van der Waals surface area contributed by atoms with Crippen LogP contribution in [0.1, 0.15) is 36.0 Å². The molecule has 0 aromatic heterocycles. The van der Waals surface area contributed by atoms with Crippen LogP contribution in [-0.4, -0.2) is 25.1 Å². The Bertz CT molecular complexity index is 403. The van der Waals surface area contributed by atoms with Gasteiger partial charge in [0.25, 0.3) is 5.91 Å². The fraction of sp³-hybridized carbons (Fsp3) is 0.500. The van der Waals surface area contributed by atoms with Gasteiger partial charge >= 0.3 is 0 Å². The first kappa shape index (κ1) is 12.9. The first-order valence-electron chi connectivity index (χ1n) is 6.39. The highest BCUT2D eigenvalue weighted by atomic mass is 16.5. The second-order valence-corrected chi connectivity index (χ2v) is 4.83. The van der Waals surface area contributed by atoms with Crippen molar-refractivity contribution < 1.29 is 9.53 Å². The molecule has 98 valence electrons. The molecule has 1 amide bonds. The highest BCUT2D eigenvalue weighted by Gasteiger charge is 2.21. The lowest BCUT2D eigenvalue weighted by Crippen LogP contribution is -2.42. The number of carbonyl (C=O) groups excluding carboxylic acids is 1. The number of carbonyl (C=O) groups is 1. The Labute approximate surface area is 108 Å². The molecule has 2 atom stereocenters. The van der Waals surface area contributed by atoms with E-state index in [9.17, 15) is 4.79 Å². The number of nitrogens with two attached hydrogens (primary N) is 1. The fourth-order valence-electron chi connectivity index (χ4n) is 2.37.